The van der Waals surface area contributed by atoms with E-state index >= 15 is 0 Å². The molecule has 0 atom stereocenters. The van der Waals surface area contributed by atoms with Gasteiger partial charge < -0.3 is 8.97 Å². The molecule has 4 heterocycles. The number of imidazole rings is 1. The minimum Gasteiger partial charge on any atom is -0.304 e. The van der Waals surface area contributed by atoms with Gasteiger partial charge in [-0.3, -0.25) is 4.98 Å². The number of hydrogen-bond acceptors (Lipinski definition) is 5. The summed E-state index contributed by atoms with van der Waals surface area (Å²) >= 11 is 13.9. The largest absolute Gasteiger partial charge is 0.304 e. The third-order valence-corrected chi connectivity index (χ3v) is 5.46. The Morgan fingerprint density at radius 2 is 1.93 bits per heavy atom. The molecular weight excluding hydrogens is 403 g/mol. The third kappa shape index (κ3) is 3.81. The van der Waals surface area contributed by atoms with Crippen LogP contribution in [0.5, 0.6) is 0 Å². The first-order valence-corrected chi connectivity index (χ1v) is 10.2. The van der Waals surface area contributed by atoms with Crippen molar-refractivity contribution in [2.45, 2.75) is 30.8 Å². The molecule has 4 aromatic heterocycles. The summed E-state index contributed by atoms with van der Waals surface area (Å²) in [5.41, 5.74) is 2.61. The zero-order chi connectivity index (χ0) is 18.8. The first kappa shape index (κ1) is 18.3. The van der Waals surface area contributed by atoms with Gasteiger partial charge in [0.05, 0.1) is 15.7 Å². The maximum Gasteiger partial charge on any atom is 0.191 e. The molecule has 4 aromatic rings. The smallest absolute Gasteiger partial charge is 0.191 e. The molecule has 0 radical (unpaired) electrons. The zero-order valence-electron chi connectivity index (χ0n) is 14.5. The molecule has 0 fully saturated rings. The second-order valence-electron chi connectivity index (χ2n) is 5.95. The van der Waals surface area contributed by atoms with Crippen LogP contribution >= 0.6 is 35.0 Å². The van der Waals surface area contributed by atoms with Gasteiger partial charge in [0.2, 0.25) is 0 Å². The minimum atomic E-state index is 0.535. The van der Waals surface area contributed by atoms with Crippen LogP contribution < -0.4 is 0 Å². The summed E-state index contributed by atoms with van der Waals surface area (Å²) in [6, 6.07) is 5.58. The molecule has 0 aliphatic heterocycles. The molecule has 0 N–H and O–H groups in total. The molecule has 6 nitrogen and oxygen atoms in total. The van der Waals surface area contributed by atoms with Crippen molar-refractivity contribution in [3.63, 3.8) is 0 Å². The fourth-order valence-corrected chi connectivity index (χ4v) is 4.19. The summed E-state index contributed by atoms with van der Waals surface area (Å²) in [6.45, 7) is 2.98. The predicted molar refractivity (Wildman–Crippen MR) is 108 cm³/mol. The van der Waals surface area contributed by atoms with E-state index in [9.17, 15) is 0 Å². The van der Waals surface area contributed by atoms with E-state index in [0.29, 0.717) is 21.4 Å². The highest BCUT2D eigenvalue weighted by Gasteiger charge is 2.15. The van der Waals surface area contributed by atoms with Gasteiger partial charge in [-0.15, -0.1) is 10.2 Å². The van der Waals surface area contributed by atoms with E-state index < -0.39 is 0 Å². The van der Waals surface area contributed by atoms with E-state index in [0.717, 1.165) is 35.2 Å². The Morgan fingerprint density at radius 1 is 1.11 bits per heavy atom. The van der Waals surface area contributed by atoms with E-state index in [-0.39, 0.29) is 0 Å². The molecule has 0 saturated heterocycles. The van der Waals surface area contributed by atoms with E-state index in [1.54, 1.807) is 36.4 Å². The van der Waals surface area contributed by atoms with Gasteiger partial charge in [-0.25, -0.2) is 4.98 Å². The Balaban J connectivity index is 1.60. The first-order valence-electron chi connectivity index (χ1n) is 8.44. The lowest BCUT2D eigenvalue weighted by atomic mass is 10.2. The highest BCUT2D eigenvalue weighted by molar-refractivity contribution is 7.98. The van der Waals surface area contributed by atoms with Gasteiger partial charge in [-0.1, -0.05) is 41.9 Å². The van der Waals surface area contributed by atoms with Crippen LogP contribution in [0.3, 0.4) is 0 Å². The lowest BCUT2D eigenvalue weighted by Gasteiger charge is -2.08. The van der Waals surface area contributed by atoms with Crippen LogP contribution in [-0.4, -0.2) is 29.1 Å². The van der Waals surface area contributed by atoms with E-state index in [1.165, 1.54) is 0 Å². The molecule has 0 amide bonds. The number of rotatable bonds is 6. The summed E-state index contributed by atoms with van der Waals surface area (Å²) in [5.74, 6) is 1.51. The van der Waals surface area contributed by atoms with Crippen LogP contribution in [0.25, 0.3) is 17.0 Å². The molecule has 138 valence electrons. The molecule has 4 rings (SSSR count). The number of nitrogens with zero attached hydrogens (tertiary/aromatic N) is 6. The van der Waals surface area contributed by atoms with Gasteiger partial charge in [-0.05, 0) is 24.6 Å². The van der Waals surface area contributed by atoms with Crippen molar-refractivity contribution in [2.75, 3.05) is 0 Å². The third-order valence-electron chi connectivity index (χ3n) is 3.97. The van der Waals surface area contributed by atoms with E-state index in [2.05, 4.69) is 31.7 Å². The van der Waals surface area contributed by atoms with Gasteiger partial charge in [-0.2, -0.15) is 0 Å². The van der Waals surface area contributed by atoms with Crippen LogP contribution in [0.4, 0.5) is 0 Å². The second-order valence-corrected chi connectivity index (χ2v) is 7.74. The van der Waals surface area contributed by atoms with Crippen molar-refractivity contribution >= 4 is 40.6 Å². The molecule has 0 saturated carbocycles. The highest BCUT2D eigenvalue weighted by Crippen LogP contribution is 2.28. The van der Waals surface area contributed by atoms with Crippen molar-refractivity contribution in [2.24, 2.45) is 0 Å². The Hall–Kier alpha value is -2.09. The van der Waals surface area contributed by atoms with Crippen molar-refractivity contribution in [3.05, 3.63) is 58.7 Å². The molecule has 27 heavy (non-hydrogen) atoms. The van der Waals surface area contributed by atoms with E-state index in [4.69, 9.17) is 23.2 Å². The predicted octanol–water partition coefficient (Wildman–Crippen LogP) is 5.00. The number of hydrogen-bond donors (Lipinski definition) is 0. The normalized spacial score (nSPS) is 11.4. The fourth-order valence-electron chi connectivity index (χ4n) is 2.82. The molecule has 0 spiro atoms. The number of fused-ring (bicyclic) bond motifs is 1. The van der Waals surface area contributed by atoms with Crippen molar-refractivity contribution in [3.8, 4) is 11.4 Å². The Labute approximate surface area is 170 Å². The van der Waals surface area contributed by atoms with Crippen molar-refractivity contribution in [1.82, 2.24) is 29.1 Å². The highest BCUT2D eigenvalue weighted by atomic mass is 35.5. The molecule has 0 aliphatic rings. The van der Waals surface area contributed by atoms with Gasteiger partial charge in [0, 0.05) is 42.6 Å². The zero-order valence-corrected chi connectivity index (χ0v) is 16.8. The second kappa shape index (κ2) is 7.88. The van der Waals surface area contributed by atoms with Gasteiger partial charge >= 0.3 is 0 Å². The number of pyridine rings is 2. The summed E-state index contributed by atoms with van der Waals surface area (Å²) in [6.07, 6.45) is 8.25. The molecule has 9 heteroatoms. The number of thioether (sulfide) groups is 1. The number of aromatic nitrogens is 6. The molecule has 0 aliphatic carbocycles. The Bertz CT molecular complexity index is 1080. The SMILES string of the molecule is CCCn1c(SCc2cn3cc(Cl)cc(Cl)c3n2)nnc1-c1ccncc1. The average molecular weight is 419 g/mol. The summed E-state index contributed by atoms with van der Waals surface area (Å²) in [5, 5.41) is 10.7. The monoisotopic (exact) mass is 418 g/mol. The number of halogens is 2. The molecular formula is C18H16Cl2N6S. The molecule has 0 aromatic carbocycles. The van der Waals surface area contributed by atoms with E-state index in [1.807, 2.05) is 22.7 Å². The van der Waals surface area contributed by atoms with Crippen LogP contribution in [0.15, 0.2) is 48.1 Å². The van der Waals surface area contributed by atoms with Crippen LogP contribution in [0.1, 0.15) is 19.0 Å². The van der Waals surface area contributed by atoms with Crippen LogP contribution in [0, 0.1) is 0 Å². The Morgan fingerprint density at radius 3 is 2.70 bits per heavy atom. The lowest BCUT2D eigenvalue weighted by Crippen LogP contribution is -2.02. The van der Waals surface area contributed by atoms with Crippen LogP contribution in [-0.2, 0) is 12.3 Å². The average Bonchev–Trinajstić information content (AvgIpc) is 3.25. The maximum absolute atomic E-state index is 6.22. The summed E-state index contributed by atoms with van der Waals surface area (Å²) in [4.78, 5) is 8.66. The van der Waals surface area contributed by atoms with Gasteiger partial charge in [0.1, 0.15) is 0 Å². The Kier molecular flexibility index (Phi) is 5.33. The maximum atomic E-state index is 6.22. The topological polar surface area (TPSA) is 60.9 Å². The summed E-state index contributed by atoms with van der Waals surface area (Å²) < 4.78 is 3.99. The fraction of sp³-hybridized carbons (Fsp3) is 0.222. The van der Waals surface area contributed by atoms with Crippen molar-refractivity contribution < 1.29 is 0 Å². The minimum absolute atomic E-state index is 0.535. The van der Waals surface area contributed by atoms with Crippen LogP contribution in [0.2, 0.25) is 10.0 Å². The quantitative estimate of drug-likeness (QED) is 0.412. The first-order chi connectivity index (χ1) is 13.2. The standard InChI is InChI=1S/C18H16Cl2N6S/c1-2-7-26-16(12-3-5-21-6-4-12)23-24-18(26)27-11-14-10-25-9-13(19)8-15(20)17(25)22-14/h3-6,8-10H,2,7,11H2,1H3. The molecule has 0 bridgehead atoms. The lowest BCUT2D eigenvalue weighted by molar-refractivity contribution is 0.626. The molecule has 0 unspecified atom stereocenters. The summed E-state index contributed by atoms with van der Waals surface area (Å²) in [7, 11) is 0. The van der Waals surface area contributed by atoms with Crippen molar-refractivity contribution in [1.29, 1.82) is 0 Å². The van der Waals surface area contributed by atoms with Gasteiger partial charge in [0.25, 0.3) is 0 Å². The van der Waals surface area contributed by atoms with Gasteiger partial charge in [0.15, 0.2) is 16.6 Å².